The van der Waals surface area contributed by atoms with Gasteiger partial charge in [-0.1, -0.05) is 29.8 Å². The lowest BCUT2D eigenvalue weighted by molar-refractivity contribution is 0.0697. The number of carboxylic acids is 1. The first-order valence-electron chi connectivity index (χ1n) is 5.87. The summed E-state index contributed by atoms with van der Waals surface area (Å²) in [4.78, 5) is 10.8. The van der Waals surface area contributed by atoms with E-state index in [1.165, 1.54) is 17.7 Å². The smallest absolute Gasteiger partial charge is 0.335 e. The second-order valence-corrected chi connectivity index (χ2v) is 4.33. The van der Waals surface area contributed by atoms with Crippen LogP contribution in [-0.4, -0.2) is 11.1 Å². The molecule has 2 aromatic rings. The molecule has 0 radical (unpaired) electrons. The molecule has 0 aliphatic rings. The third kappa shape index (κ3) is 3.25. The van der Waals surface area contributed by atoms with Crippen molar-refractivity contribution in [3.63, 3.8) is 0 Å². The lowest BCUT2D eigenvalue weighted by Crippen LogP contribution is -2.02. The van der Waals surface area contributed by atoms with Crippen molar-refractivity contribution in [3.05, 3.63) is 59.2 Å². The molecule has 0 fully saturated rings. The topological polar surface area (TPSA) is 72.5 Å². The van der Waals surface area contributed by atoms with Gasteiger partial charge < -0.3 is 15.6 Å². The molecular formula is C15H15NO3. The summed E-state index contributed by atoms with van der Waals surface area (Å²) in [6.45, 7) is 2.42. The highest BCUT2D eigenvalue weighted by Gasteiger charge is 2.07. The molecule has 0 aromatic heterocycles. The third-order valence-corrected chi connectivity index (χ3v) is 2.77. The molecule has 0 spiro atoms. The number of carboxylic acid groups (broad SMARTS) is 1. The van der Waals surface area contributed by atoms with E-state index in [2.05, 4.69) is 0 Å². The summed E-state index contributed by atoms with van der Waals surface area (Å²) >= 11 is 0. The number of nitrogens with two attached hydrogens (primary N) is 1. The van der Waals surface area contributed by atoms with E-state index < -0.39 is 5.97 Å². The summed E-state index contributed by atoms with van der Waals surface area (Å²) in [6, 6.07) is 12.4. The highest BCUT2D eigenvalue weighted by atomic mass is 16.5. The molecule has 0 heterocycles. The van der Waals surface area contributed by atoms with E-state index in [1.807, 2.05) is 31.2 Å². The van der Waals surface area contributed by atoms with Crippen molar-refractivity contribution in [2.24, 2.45) is 0 Å². The van der Waals surface area contributed by atoms with Gasteiger partial charge in [0.1, 0.15) is 12.4 Å². The van der Waals surface area contributed by atoms with E-state index in [-0.39, 0.29) is 5.56 Å². The molecule has 0 amide bonds. The second kappa shape index (κ2) is 5.44. The fraction of sp³-hybridized carbons (Fsp3) is 0.133. The molecule has 0 aliphatic carbocycles. The molecule has 0 atom stereocenters. The van der Waals surface area contributed by atoms with Crippen molar-refractivity contribution in [2.45, 2.75) is 13.5 Å². The SMILES string of the molecule is Cc1ccc(COc2ccc(C(=O)O)cc2N)cc1. The standard InChI is InChI=1S/C15H15NO3/c1-10-2-4-11(5-3-10)9-19-14-7-6-12(15(17)18)8-13(14)16/h2-8H,9,16H2,1H3,(H,17,18). The van der Waals surface area contributed by atoms with Crippen molar-refractivity contribution in [1.29, 1.82) is 0 Å². The largest absolute Gasteiger partial charge is 0.487 e. The van der Waals surface area contributed by atoms with Gasteiger partial charge in [0, 0.05) is 0 Å². The summed E-state index contributed by atoms with van der Waals surface area (Å²) in [5, 5.41) is 8.84. The molecule has 3 N–H and O–H groups in total. The number of aryl methyl sites for hydroxylation is 1. The summed E-state index contributed by atoms with van der Waals surface area (Å²) in [5.74, 6) is -0.512. The first-order chi connectivity index (χ1) is 9.06. The number of hydrogen-bond acceptors (Lipinski definition) is 3. The van der Waals surface area contributed by atoms with Crippen molar-refractivity contribution in [3.8, 4) is 5.75 Å². The Morgan fingerprint density at radius 2 is 1.89 bits per heavy atom. The van der Waals surface area contributed by atoms with E-state index in [0.717, 1.165) is 5.56 Å². The van der Waals surface area contributed by atoms with Crippen molar-refractivity contribution >= 4 is 11.7 Å². The maximum absolute atomic E-state index is 10.8. The van der Waals surface area contributed by atoms with Crippen LogP contribution in [0.2, 0.25) is 0 Å². The van der Waals surface area contributed by atoms with Gasteiger partial charge in [-0.3, -0.25) is 0 Å². The third-order valence-electron chi connectivity index (χ3n) is 2.77. The van der Waals surface area contributed by atoms with E-state index in [4.69, 9.17) is 15.6 Å². The zero-order valence-corrected chi connectivity index (χ0v) is 10.6. The summed E-state index contributed by atoms with van der Waals surface area (Å²) in [5.41, 5.74) is 8.46. The minimum Gasteiger partial charge on any atom is -0.487 e. The van der Waals surface area contributed by atoms with Crippen LogP contribution in [0.4, 0.5) is 5.69 Å². The van der Waals surface area contributed by atoms with Crippen molar-refractivity contribution < 1.29 is 14.6 Å². The average Bonchev–Trinajstić information content (AvgIpc) is 2.39. The predicted octanol–water partition coefficient (Wildman–Crippen LogP) is 2.85. The van der Waals surface area contributed by atoms with Crippen LogP contribution in [0.25, 0.3) is 0 Å². The Balaban J connectivity index is 2.07. The zero-order valence-electron chi connectivity index (χ0n) is 10.6. The Bertz CT molecular complexity index is 591. The Morgan fingerprint density at radius 1 is 1.21 bits per heavy atom. The lowest BCUT2D eigenvalue weighted by atomic mass is 10.1. The average molecular weight is 257 g/mol. The molecule has 19 heavy (non-hydrogen) atoms. The number of ether oxygens (including phenoxy) is 1. The zero-order chi connectivity index (χ0) is 13.8. The van der Waals surface area contributed by atoms with Crippen LogP contribution in [0.15, 0.2) is 42.5 Å². The summed E-state index contributed by atoms with van der Waals surface area (Å²) in [6.07, 6.45) is 0. The van der Waals surface area contributed by atoms with Gasteiger partial charge in [-0.2, -0.15) is 0 Å². The van der Waals surface area contributed by atoms with Crippen LogP contribution in [0.5, 0.6) is 5.75 Å². The number of benzene rings is 2. The first kappa shape index (κ1) is 13.0. The number of anilines is 1. The van der Waals surface area contributed by atoms with Crippen LogP contribution < -0.4 is 10.5 Å². The highest BCUT2D eigenvalue weighted by molar-refractivity contribution is 5.89. The van der Waals surface area contributed by atoms with Gasteiger partial charge >= 0.3 is 5.97 Å². The van der Waals surface area contributed by atoms with Crippen LogP contribution in [-0.2, 0) is 6.61 Å². The molecule has 4 nitrogen and oxygen atoms in total. The first-order valence-corrected chi connectivity index (χ1v) is 5.87. The number of nitrogen functional groups attached to an aromatic ring is 1. The van der Waals surface area contributed by atoms with E-state index >= 15 is 0 Å². The fourth-order valence-corrected chi connectivity index (χ4v) is 1.66. The predicted molar refractivity (Wildman–Crippen MR) is 73.3 cm³/mol. The molecule has 0 unspecified atom stereocenters. The van der Waals surface area contributed by atoms with Crippen LogP contribution in [0, 0.1) is 6.92 Å². The minimum atomic E-state index is -1.00. The second-order valence-electron chi connectivity index (χ2n) is 4.33. The van der Waals surface area contributed by atoms with Gasteiger partial charge in [0.15, 0.2) is 0 Å². The van der Waals surface area contributed by atoms with Crippen LogP contribution in [0.3, 0.4) is 0 Å². The van der Waals surface area contributed by atoms with Crippen molar-refractivity contribution in [1.82, 2.24) is 0 Å². The maximum atomic E-state index is 10.8. The number of rotatable bonds is 4. The number of hydrogen-bond donors (Lipinski definition) is 2. The quantitative estimate of drug-likeness (QED) is 0.826. The van der Waals surface area contributed by atoms with E-state index in [9.17, 15) is 4.79 Å². The van der Waals surface area contributed by atoms with Gasteiger partial charge in [0.05, 0.1) is 11.3 Å². The van der Waals surface area contributed by atoms with Gasteiger partial charge in [-0.05, 0) is 30.7 Å². The number of carbonyl (C=O) groups is 1. The lowest BCUT2D eigenvalue weighted by Gasteiger charge is -2.09. The van der Waals surface area contributed by atoms with Crippen LogP contribution >= 0.6 is 0 Å². The normalized spacial score (nSPS) is 10.2. The Labute approximate surface area is 111 Å². The van der Waals surface area contributed by atoms with E-state index in [0.29, 0.717) is 18.0 Å². The van der Waals surface area contributed by atoms with Crippen LogP contribution in [0.1, 0.15) is 21.5 Å². The highest BCUT2D eigenvalue weighted by Crippen LogP contribution is 2.23. The molecule has 98 valence electrons. The Morgan fingerprint density at radius 3 is 2.47 bits per heavy atom. The minimum absolute atomic E-state index is 0.153. The van der Waals surface area contributed by atoms with Crippen molar-refractivity contribution in [2.75, 3.05) is 5.73 Å². The Hall–Kier alpha value is -2.49. The molecule has 0 aliphatic heterocycles. The van der Waals surface area contributed by atoms with Gasteiger partial charge in [-0.15, -0.1) is 0 Å². The molecule has 4 heteroatoms. The van der Waals surface area contributed by atoms with E-state index in [1.54, 1.807) is 6.07 Å². The molecule has 2 rings (SSSR count). The van der Waals surface area contributed by atoms with Gasteiger partial charge in [-0.25, -0.2) is 4.79 Å². The monoisotopic (exact) mass is 257 g/mol. The summed E-state index contributed by atoms with van der Waals surface area (Å²) in [7, 11) is 0. The maximum Gasteiger partial charge on any atom is 0.335 e. The molecule has 2 aromatic carbocycles. The molecule has 0 bridgehead atoms. The number of aromatic carboxylic acids is 1. The molecular weight excluding hydrogens is 242 g/mol. The molecule has 0 saturated heterocycles. The van der Waals surface area contributed by atoms with Gasteiger partial charge in [0.25, 0.3) is 0 Å². The summed E-state index contributed by atoms with van der Waals surface area (Å²) < 4.78 is 5.58. The fourth-order valence-electron chi connectivity index (χ4n) is 1.66. The molecule has 0 saturated carbocycles. The Kier molecular flexibility index (Phi) is 3.71. The van der Waals surface area contributed by atoms with Gasteiger partial charge in [0.2, 0.25) is 0 Å².